The van der Waals surface area contributed by atoms with Crippen LogP contribution in [0, 0.1) is 12.8 Å². The molecule has 18 heavy (non-hydrogen) atoms. The molecular formula is C14H26N4. The van der Waals surface area contributed by atoms with Crippen LogP contribution in [-0.4, -0.2) is 41.1 Å². The van der Waals surface area contributed by atoms with Crippen LogP contribution in [0.15, 0.2) is 6.20 Å². The minimum Gasteiger partial charge on any atom is -0.356 e. The fourth-order valence-corrected chi connectivity index (χ4v) is 2.76. The van der Waals surface area contributed by atoms with E-state index in [1.807, 2.05) is 0 Å². The minimum atomic E-state index is 0.763. The summed E-state index contributed by atoms with van der Waals surface area (Å²) in [6.45, 7) is 8.81. The number of rotatable bonds is 5. The molecule has 4 heteroatoms. The molecule has 1 saturated heterocycles. The van der Waals surface area contributed by atoms with Crippen molar-refractivity contribution in [2.45, 2.75) is 39.7 Å². The Morgan fingerprint density at radius 3 is 3.06 bits per heavy atom. The Kier molecular flexibility index (Phi) is 4.64. The number of hydrogen-bond acceptors (Lipinski definition) is 3. The van der Waals surface area contributed by atoms with E-state index in [0.29, 0.717) is 0 Å². The van der Waals surface area contributed by atoms with Gasteiger partial charge in [0.05, 0.1) is 5.69 Å². The molecule has 102 valence electrons. The van der Waals surface area contributed by atoms with Crippen molar-refractivity contribution in [2.24, 2.45) is 5.92 Å². The second-order valence-electron chi connectivity index (χ2n) is 5.56. The maximum atomic E-state index is 4.57. The van der Waals surface area contributed by atoms with Gasteiger partial charge in [-0.05, 0) is 45.7 Å². The first-order valence-electron chi connectivity index (χ1n) is 7.15. The summed E-state index contributed by atoms with van der Waals surface area (Å²) >= 11 is 0. The largest absolute Gasteiger partial charge is 0.356 e. The highest BCUT2D eigenvalue weighted by Crippen LogP contribution is 2.19. The summed E-state index contributed by atoms with van der Waals surface area (Å²) in [5, 5.41) is 3.42. The number of likely N-dealkylation sites (tertiary alicyclic amines) is 1. The Labute approximate surface area is 110 Å². The van der Waals surface area contributed by atoms with E-state index in [-0.39, 0.29) is 0 Å². The fourth-order valence-electron chi connectivity index (χ4n) is 2.76. The molecule has 1 aliphatic rings. The Bertz CT molecular complexity index is 372. The first-order chi connectivity index (χ1) is 8.69. The summed E-state index contributed by atoms with van der Waals surface area (Å²) in [5.41, 5.74) is 1.11. The van der Waals surface area contributed by atoms with Gasteiger partial charge in [-0.2, -0.15) is 0 Å². The molecule has 4 nitrogen and oxygen atoms in total. The molecule has 0 bridgehead atoms. The van der Waals surface area contributed by atoms with E-state index >= 15 is 0 Å². The van der Waals surface area contributed by atoms with Crippen molar-refractivity contribution in [2.75, 3.05) is 32.0 Å². The van der Waals surface area contributed by atoms with Crippen LogP contribution in [0.4, 0.5) is 5.95 Å². The third-order valence-electron chi connectivity index (χ3n) is 3.61. The zero-order chi connectivity index (χ0) is 13.0. The van der Waals surface area contributed by atoms with Crippen LogP contribution >= 0.6 is 0 Å². The molecule has 1 aliphatic heterocycles. The molecule has 0 aliphatic carbocycles. The molecule has 1 N–H and O–H groups in total. The van der Waals surface area contributed by atoms with Gasteiger partial charge in [-0.1, -0.05) is 6.92 Å². The Hall–Kier alpha value is -1.03. The van der Waals surface area contributed by atoms with Crippen LogP contribution in [-0.2, 0) is 6.54 Å². The standard InChI is InChI=1S/C14H26N4/c1-4-7-15-14-16-12(2)9-18(14)11-13-6-5-8-17(3)10-13/h9,13H,4-8,10-11H2,1-3H3,(H,15,16). The number of nitrogens with zero attached hydrogens (tertiary/aromatic N) is 3. The van der Waals surface area contributed by atoms with Gasteiger partial charge < -0.3 is 14.8 Å². The number of piperidine rings is 1. The molecule has 1 aromatic heterocycles. The summed E-state index contributed by atoms with van der Waals surface area (Å²) in [4.78, 5) is 7.01. The van der Waals surface area contributed by atoms with Crippen molar-refractivity contribution in [3.8, 4) is 0 Å². The van der Waals surface area contributed by atoms with Crippen molar-refractivity contribution >= 4 is 5.95 Å². The highest BCUT2D eigenvalue weighted by Gasteiger charge is 2.18. The Balaban J connectivity index is 1.98. The smallest absolute Gasteiger partial charge is 0.203 e. The lowest BCUT2D eigenvalue weighted by Gasteiger charge is -2.30. The second kappa shape index (κ2) is 6.23. The molecule has 0 aromatic carbocycles. The molecule has 0 amide bonds. The highest BCUT2D eigenvalue weighted by molar-refractivity contribution is 5.28. The monoisotopic (exact) mass is 250 g/mol. The maximum Gasteiger partial charge on any atom is 0.203 e. The van der Waals surface area contributed by atoms with Crippen LogP contribution in [0.2, 0.25) is 0 Å². The second-order valence-corrected chi connectivity index (χ2v) is 5.56. The van der Waals surface area contributed by atoms with Gasteiger partial charge in [0.25, 0.3) is 0 Å². The summed E-state index contributed by atoms with van der Waals surface area (Å²) in [6, 6.07) is 0. The Morgan fingerprint density at radius 2 is 2.33 bits per heavy atom. The molecule has 1 fully saturated rings. The fraction of sp³-hybridized carbons (Fsp3) is 0.786. The van der Waals surface area contributed by atoms with Crippen molar-refractivity contribution in [3.63, 3.8) is 0 Å². The normalized spacial score (nSPS) is 21.2. The molecular weight excluding hydrogens is 224 g/mol. The number of hydrogen-bond donors (Lipinski definition) is 1. The van der Waals surface area contributed by atoms with E-state index < -0.39 is 0 Å². The van der Waals surface area contributed by atoms with E-state index in [0.717, 1.165) is 37.1 Å². The molecule has 1 unspecified atom stereocenters. The SMILES string of the molecule is CCCNc1nc(C)cn1CC1CCCN(C)C1. The number of imidazole rings is 1. The van der Waals surface area contributed by atoms with Crippen LogP contribution in [0.3, 0.4) is 0 Å². The molecule has 0 radical (unpaired) electrons. The van der Waals surface area contributed by atoms with Gasteiger partial charge in [0.1, 0.15) is 0 Å². The minimum absolute atomic E-state index is 0.763. The van der Waals surface area contributed by atoms with Gasteiger partial charge in [-0.3, -0.25) is 0 Å². The Morgan fingerprint density at radius 1 is 1.50 bits per heavy atom. The third kappa shape index (κ3) is 3.48. The highest BCUT2D eigenvalue weighted by atomic mass is 15.2. The lowest BCUT2D eigenvalue weighted by molar-refractivity contribution is 0.195. The van der Waals surface area contributed by atoms with Gasteiger partial charge in [0.15, 0.2) is 0 Å². The number of anilines is 1. The molecule has 2 heterocycles. The topological polar surface area (TPSA) is 33.1 Å². The summed E-state index contributed by atoms with van der Waals surface area (Å²) in [7, 11) is 2.22. The van der Waals surface area contributed by atoms with E-state index in [1.54, 1.807) is 0 Å². The van der Waals surface area contributed by atoms with Gasteiger partial charge in [-0.25, -0.2) is 4.98 Å². The number of aryl methyl sites for hydroxylation is 1. The molecule has 1 atom stereocenters. The van der Waals surface area contributed by atoms with Crippen LogP contribution in [0.5, 0.6) is 0 Å². The van der Waals surface area contributed by atoms with Crippen molar-refractivity contribution in [3.05, 3.63) is 11.9 Å². The molecule has 0 saturated carbocycles. The third-order valence-corrected chi connectivity index (χ3v) is 3.61. The van der Waals surface area contributed by atoms with Gasteiger partial charge in [0, 0.05) is 25.8 Å². The first-order valence-corrected chi connectivity index (χ1v) is 7.15. The van der Waals surface area contributed by atoms with Crippen LogP contribution in [0.25, 0.3) is 0 Å². The van der Waals surface area contributed by atoms with E-state index in [2.05, 4.69) is 46.9 Å². The van der Waals surface area contributed by atoms with Crippen molar-refractivity contribution in [1.82, 2.24) is 14.5 Å². The van der Waals surface area contributed by atoms with Crippen molar-refractivity contribution in [1.29, 1.82) is 0 Å². The van der Waals surface area contributed by atoms with E-state index in [4.69, 9.17) is 0 Å². The maximum absolute atomic E-state index is 4.57. The summed E-state index contributed by atoms with van der Waals surface area (Å²) in [5.74, 6) is 1.81. The number of aromatic nitrogens is 2. The number of nitrogens with one attached hydrogen (secondary N) is 1. The van der Waals surface area contributed by atoms with E-state index in [1.165, 1.54) is 25.9 Å². The zero-order valence-corrected chi connectivity index (χ0v) is 11.9. The van der Waals surface area contributed by atoms with Gasteiger partial charge >= 0.3 is 0 Å². The van der Waals surface area contributed by atoms with E-state index in [9.17, 15) is 0 Å². The predicted octanol–water partition coefficient (Wildman–Crippen LogP) is 2.36. The molecule has 0 spiro atoms. The van der Waals surface area contributed by atoms with Crippen molar-refractivity contribution < 1.29 is 0 Å². The average Bonchev–Trinajstić information content (AvgIpc) is 2.67. The first kappa shape index (κ1) is 13.4. The zero-order valence-electron chi connectivity index (χ0n) is 11.9. The van der Waals surface area contributed by atoms with Crippen LogP contribution in [0.1, 0.15) is 31.9 Å². The summed E-state index contributed by atoms with van der Waals surface area (Å²) < 4.78 is 2.30. The van der Waals surface area contributed by atoms with Gasteiger partial charge in [0.2, 0.25) is 5.95 Å². The lowest BCUT2D eigenvalue weighted by Crippen LogP contribution is -2.34. The summed E-state index contributed by atoms with van der Waals surface area (Å²) in [6.07, 6.45) is 5.98. The van der Waals surface area contributed by atoms with Gasteiger partial charge in [-0.15, -0.1) is 0 Å². The van der Waals surface area contributed by atoms with Crippen LogP contribution < -0.4 is 5.32 Å². The average molecular weight is 250 g/mol. The molecule has 2 rings (SSSR count). The molecule has 1 aromatic rings. The quantitative estimate of drug-likeness (QED) is 0.871. The predicted molar refractivity (Wildman–Crippen MR) is 76.0 cm³/mol. The lowest BCUT2D eigenvalue weighted by atomic mass is 9.98.